The van der Waals surface area contributed by atoms with E-state index in [-0.39, 0.29) is 17.1 Å². The average molecular weight is 462 g/mol. The lowest BCUT2D eigenvalue weighted by atomic mass is 10.2. The molecule has 0 amide bonds. The number of hydrazone groups is 1. The Morgan fingerprint density at radius 3 is 2.38 bits per heavy atom. The Bertz CT molecular complexity index is 1280. The van der Waals surface area contributed by atoms with Crippen LogP contribution >= 0.6 is 0 Å². The number of non-ortho nitro benzene ring substituents is 1. The van der Waals surface area contributed by atoms with E-state index in [0.717, 1.165) is 36.5 Å². The second-order valence-corrected chi connectivity index (χ2v) is 7.90. The van der Waals surface area contributed by atoms with Crippen molar-refractivity contribution in [3.8, 4) is 5.75 Å². The van der Waals surface area contributed by atoms with Crippen molar-refractivity contribution < 1.29 is 26.9 Å². The molecule has 2 N–H and O–H groups in total. The number of methoxy groups -OCH3 is 1. The summed E-state index contributed by atoms with van der Waals surface area (Å²) < 4.78 is 60.9. The molecule has 0 aliphatic heterocycles. The van der Waals surface area contributed by atoms with Gasteiger partial charge in [0.15, 0.2) is 0 Å². The van der Waals surface area contributed by atoms with Crippen molar-refractivity contribution in [2.45, 2.75) is 4.90 Å². The Balaban J connectivity index is 1.99. The van der Waals surface area contributed by atoms with Gasteiger partial charge in [0, 0.05) is 12.1 Å². The molecule has 0 fully saturated rings. The number of anilines is 2. The number of benzene rings is 3. The van der Waals surface area contributed by atoms with Gasteiger partial charge in [0.05, 0.1) is 35.2 Å². The van der Waals surface area contributed by atoms with Gasteiger partial charge in [0.1, 0.15) is 22.3 Å². The third kappa shape index (κ3) is 4.98. The van der Waals surface area contributed by atoms with E-state index < -0.39 is 42.7 Å². The van der Waals surface area contributed by atoms with Crippen molar-refractivity contribution in [1.29, 1.82) is 0 Å². The molecular formula is C20H16F2N4O5S. The second kappa shape index (κ2) is 9.39. The topological polar surface area (TPSA) is 123 Å². The lowest BCUT2D eigenvalue weighted by Crippen LogP contribution is -2.15. The number of halogens is 2. The molecule has 0 aromatic heterocycles. The van der Waals surface area contributed by atoms with E-state index in [1.165, 1.54) is 25.3 Å². The van der Waals surface area contributed by atoms with E-state index in [1.54, 1.807) is 12.1 Å². The van der Waals surface area contributed by atoms with Crippen LogP contribution in [0, 0.1) is 21.7 Å². The highest BCUT2D eigenvalue weighted by Crippen LogP contribution is 2.31. The van der Waals surface area contributed by atoms with Gasteiger partial charge in [0.2, 0.25) is 0 Å². The number of nitro benzene ring substituents is 1. The minimum absolute atomic E-state index is 0.101. The molecule has 0 heterocycles. The van der Waals surface area contributed by atoms with Gasteiger partial charge in [-0.15, -0.1) is 0 Å². The zero-order valence-corrected chi connectivity index (χ0v) is 17.3. The molecule has 0 atom stereocenters. The van der Waals surface area contributed by atoms with Gasteiger partial charge in [-0.05, 0) is 30.3 Å². The summed E-state index contributed by atoms with van der Waals surface area (Å²) in [5.74, 6) is -1.51. The Labute approximate surface area is 181 Å². The first-order valence-electron chi connectivity index (χ1n) is 8.90. The summed E-state index contributed by atoms with van der Waals surface area (Å²) in [6.07, 6.45) is 0.829. The lowest BCUT2D eigenvalue weighted by molar-refractivity contribution is -0.385. The third-order valence-electron chi connectivity index (χ3n) is 4.20. The van der Waals surface area contributed by atoms with Crippen LogP contribution in [0.5, 0.6) is 5.75 Å². The molecule has 166 valence electrons. The Hall–Kier alpha value is -4.06. The molecule has 32 heavy (non-hydrogen) atoms. The van der Waals surface area contributed by atoms with Crippen LogP contribution in [0.4, 0.5) is 25.8 Å². The number of hydrogen-bond donors (Lipinski definition) is 2. The maximum atomic E-state index is 13.7. The summed E-state index contributed by atoms with van der Waals surface area (Å²) in [6.45, 7) is 0. The van der Waals surface area contributed by atoms with Crippen LogP contribution in [-0.4, -0.2) is 26.7 Å². The minimum atomic E-state index is -4.36. The first kappa shape index (κ1) is 22.6. The number of nitrogens with one attached hydrogen (secondary N) is 2. The molecule has 0 aliphatic rings. The van der Waals surface area contributed by atoms with Gasteiger partial charge < -0.3 is 4.74 Å². The normalized spacial score (nSPS) is 11.3. The molecule has 0 aliphatic carbocycles. The van der Waals surface area contributed by atoms with Crippen LogP contribution in [0.25, 0.3) is 0 Å². The highest BCUT2D eigenvalue weighted by molar-refractivity contribution is 7.93. The first-order valence-corrected chi connectivity index (χ1v) is 10.4. The number of nitrogens with zero attached hydrogens (tertiary/aromatic N) is 2. The van der Waals surface area contributed by atoms with E-state index in [1.807, 2.05) is 0 Å². The fraction of sp³-hybridized carbons (Fsp3) is 0.0500. The first-order chi connectivity index (χ1) is 15.2. The quantitative estimate of drug-likeness (QED) is 0.295. The van der Waals surface area contributed by atoms with Crippen molar-refractivity contribution in [2.24, 2.45) is 5.10 Å². The molecule has 0 bridgehead atoms. The Morgan fingerprint density at radius 2 is 1.72 bits per heavy atom. The zero-order valence-electron chi connectivity index (χ0n) is 16.5. The van der Waals surface area contributed by atoms with Gasteiger partial charge in [-0.2, -0.15) is 5.10 Å². The van der Waals surface area contributed by atoms with Crippen LogP contribution in [0.1, 0.15) is 5.56 Å². The number of rotatable bonds is 8. The molecule has 0 saturated carbocycles. The SMILES string of the molecule is COc1ccccc1NS(=O)(=O)c1cc([N+](=O)[O-])ccc1N/N=C/c1c(F)cccc1F. The summed E-state index contributed by atoms with van der Waals surface area (Å²) in [4.78, 5) is 9.89. The molecule has 3 aromatic carbocycles. The van der Waals surface area contributed by atoms with Gasteiger partial charge in [-0.1, -0.05) is 18.2 Å². The number of para-hydroxylation sites is 2. The molecule has 0 spiro atoms. The van der Waals surface area contributed by atoms with Crippen molar-refractivity contribution >= 4 is 33.3 Å². The maximum absolute atomic E-state index is 13.7. The average Bonchev–Trinajstić information content (AvgIpc) is 2.76. The summed E-state index contributed by atoms with van der Waals surface area (Å²) in [5.41, 5.74) is 1.37. The summed E-state index contributed by atoms with van der Waals surface area (Å²) in [5, 5.41) is 14.8. The molecule has 3 rings (SSSR count). The Kier molecular flexibility index (Phi) is 6.64. The fourth-order valence-corrected chi connectivity index (χ4v) is 3.92. The molecule has 12 heteroatoms. The van der Waals surface area contributed by atoms with Crippen LogP contribution in [0.2, 0.25) is 0 Å². The van der Waals surface area contributed by atoms with Crippen LogP contribution in [0.3, 0.4) is 0 Å². The van der Waals surface area contributed by atoms with E-state index in [0.29, 0.717) is 0 Å². The van der Waals surface area contributed by atoms with Crippen LogP contribution < -0.4 is 14.9 Å². The van der Waals surface area contributed by atoms with Crippen molar-refractivity contribution in [2.75, 3.05) is 17.3 Å². The molecule has 3 aromatic rings. The van der Waals surface area contributed by atoms with E-state index in [4.69, 9.17) is 4.74 Å². The monoisotopic (exact) mass is 462 g/mol. The summed E-state index contributed by atoms with van der Waals surface area (Å²) >= 11 is 0. The third-order valence-corrected chi connectivity index (χ3v) is 5.60. The highest BCUT2D eigenvalue weighted by Gasteiger charge is 2.23. The minimum Gasteiger partial charge on any atom is -0.495 e. The number of sulfonamides is 1. The molecule has 0 radical (unpaired) electrons. The number of hydrogen-bond acceptors (Lipinski definition) is 7. The highest BCUT2D eigenvalue weighted by atomic mass is 32.2. The summed E-state index contributed by atoms with van der Waals surface area (Å²) in [7, 11) is -3.01. The predicted molar refractivity (Wildman–Crippen MR) is 114 cm³/mol. The molecule has 0 saturated heterocycles. The predicted octanol–water partition coefficient (Wildman–Crippen LogP) is 4.13. The van der Waals surface area contributed by atoms with Gasteiger partial charge in [0.25, 0.3) is 15.7 Å². The fourth-order valence-electron chi connectivity index (χ4n) is 2.67. The lowest BCUT2D eigenvalue weighted by Gasteiger charge is -2.14. The van der Waals surface area contributed by atoms with Crippen molar-refractivity contribution in [3.63, 3.8) is 0 Å². The zero-order chi connectivity index (χ0) is 23.3. The van der Waals surface area contributed by atoms with Gasteiger partial charge >= 0.3 is 0 Å². The van der Waals surface area contributed by atoms with E-state index in [2.05, 4.69) is 15.2 Å². The smallest absolute Gasteiger partial charge is 0.270 e. The Morgan fingerprint density at radius 1 is 1.03 bits per heavy atom. The standard InChI is InChI=1S/C20H16F2N4O5S/c1-31-19-8-3-2-7-17(19)25-32(29,30)20-11-13(26(27)28)9-10-18(20)24-23-12-14-15(21)5-4-6-16(14)22/h2-12,24-25H,1H3/b23-12+. The molecule has 9 nitrogen and oxygen atoms in total. The van der Waals surface area contributed by atoms with Gasteiger partial charge in [-0.3, -0.25) is 20.3 Å². The molecule has 0 unspecified atom stereocenters. The maximum Gasteiger partial charge on any atom is 0.270 e. The molecular weight excluding hydrogens is 446 g/mol. The van der Waals surface area contributed by atoms with Crippen molar-refractivity contribution in [1.82, 2.24) is 0 Å². The van der Waals surface area contributed by atoms with Gasteiger partial charge in [-0.25, -0.2) is 17.2 Å². The number of nitro groups is 1. The largest absolute Gasteiger partial charge is 0.495 e. The van der Waals surface area contributed by atoms with Crippen LogP contribution in [-0.2, 0) is 10.0 Å². The second-order valence-electron chi connectivity index (χ2n) is 6.25. The van der Waals surface area contributed by atoms with E-state index >= 15 is 0 Å². The summed E-state index contributed by atoms with van der Waals surface area (Å²) in [6, 6.07) is 12.4. The van der Waals surface area contributed by atoms with Crippen LogP contribution in [0.15, 0.2) is 70.7 Å². The van der Waals surface area contributed by atoms with E-state index in [9.17, 15) is 27.3 Å². The van der Waals surface area contributed by atoms with Crippen molar-refractivity contribution in [3.05, 3.63) is 88.0 Å². The number of ether oxygens (including phenoxy) is 1.